The Hall–Kier alpha value is -2.48. The molecule has 0 spiro atoms. The van der Waals surface area contributed by atoms with E-state index in [-0.39, 0.29) is 0 Å². The number of rotatable bonds is 5. The molecule has 0 bridgehead atoms. The fourth-order valence-corrected chi connectivity index (χ4v) is 2.61. The van der Waals surface area contributed by atoms with Gasteiger partial charge in [0.1, 0.15) is 0 Å². The van der Waals surface area contributed by atoms with Crippen LogP contribution >= 0.6 is 0 Å². The SMILES string of the molecule is CC(NC(=O)c1ccc(NS(C)(=O)=O)cc1)c1ccc(F)c(F)c1. The molecule has 0 fully saturated rings. The van der Waals surface area contributed by atoms with Crippen LogP contribution < -0.4 is 10.0 Å². The maximum absolute atomic E-state index is 13.2. The Labute approximate surface area is 138 Å². The van der Waals surface area contributed by atoms with Gasteiger partial charge in [-0.25, -0.2) is 17.2 Å². The zero-order valence-electron chi connectivity index (χ0n) is 13.0. The molecule has 5 nitrogen and oxygen atoms in total. The van der Waals surface area contributed by atoms with Crippen molar-refractivity contribution in [2.75, 3.05) is 11.0 Å². The first-order valence-corrected chi connectivity index (χ1v) is 8.88. The van der Waals surface area contributed by atoms with E-state index >= 15 is 0 Å². The van der Waals surface area contributed by atoms with Crippen molar-refractivity contribution in [1.29, 1.82) is 0 Å². The van der Waals surface area contributed by atoms with Crippen LogP contribution in [0.1, 0.15) is 28.9 Å². The van der Waals surface area contributed by atoms with Gasteiger partial charge in [0.05, 0.1) is 12.3 Å². The first-order valence-electron chi connectivity index (χ1n) is 6.99. The molecule has 2 aromatic rings. The summed E-state index contributed by atoms with van der Waals surface area (Å²) in [5.74, 6) is -2.35. The highest BCUT2D eigenvalue weighted by atomic mass is 32.2. The van der Waals surface area contributed by atoms with Crippen molar-refractivity contribution < 1.29 is 22.0 Å². The van der Waals surface area contributed by atoms with E-state index in [1.165, 1.54) is 30.3 Å². The molecule has 24 heavy (non-hydrogen) atoms. The van der Waals surface area contributed by atoms with Crippen LogP contribution in [-0.2, 0) is 10.0 Å². The Morgan fingerprint density at radius 3 is 2.21 bits per heavy atom. The molecule has 2 rings (SSSR count). The van der Waals surface area contributed by atoms with Crippen molar-refractivity contribution >= 4 is 21.6 Å². The number of carbonyl (C=O) groups is 1. The number of halogens is 2. The van der Waals surface area contributed by atoms with Crippen LogP contribution in [0.15, 0.2) is 42.5 Å². The van der Waals surface area contributed by atoms with E-state index in [9.17, 15) is 22.0 Å². The molecule has 1 atom stereocenters. The monoisotopic (exact) mass is 354 g/mol. The molecule has 0 heterocycles. The maximum atomic E-state index is 13.2. The van der Waals surface area contributed by atoms with Crippen molar-refractivity contribution in [2.24, 2.45) is 0 Å². The van der Waals surface area contributed by atoms with E-state index in [1.807, 2.05) is 0 Å². The van der Waals surface area contributed by atoms with Gasteiger partial charge in [0, 0.05) is 11.3 Å². The minimum absolute atomic E-state index is 0.309. The van der Waals surface area contributed by atoms with Gasteiger partial charge in [0.25, 0.3) is 5.91 Å². The molecule has 2 N–H and O–H groups in total. The lowest BCUT2D eigenvalue weighted by atomic mass is 10.1. The second-order valence-electron chi connectivity index (χ2n) is 5.32. The third-order valence-corrected chi connectivity index (χ3v) is 3.85. The Balaban J connectivity index is 2.07. The third kappa shape index (κ3) is 4.76. The van der Waals surface area contributed by atoms with Gasteiger partial charge in [0.15, 0.2) is 11.6 Å². The van der Waals surface area contributed by atoms with Gasteiger partial charge in [-0.1, -0.05) is 6.07 Å². The van der Waals surface area contributed by atoms with E-state index in [1.54, 1.807) is 6.92 Å². The normalized spacial score (nSPS) is 12.5. The minimum atomic E-state index is -3.39. The average molecular weight is 354 g/mol. The van der Waals surface area contributed by atoms with Gasteiger partial charge in [-0.05, 0) is 48.9 Å². The van der Waals surface area contributed by atoms with Crippen LogP contribution in [0.3, 0.4) is 0 Å². The summed E-state index contributed by atoms with van der Waals surface area (Å²) in [5.41, 5.74) is 1.07. The second kappa shape index (κ2) is 6.96. The van der Waals surface area contributed by atoms with E-state index in [2.05, 4.69) is 10.0 Å². The fourth-order valence-electron chi connectivity index (χ4n) is 2.05. The molecule has 8 heteroatoms. The lowest BCUT2D eigenvalue weighted by Crippen LogP contribution is -2.26. The molecular weight excluding hydrogens is 338 g/mol. The van der Waals surface area contributed by atoms with Crippen LogP contribution in [0, 0.1) is 11.6 Å². The van der Waals surface area contributed by atoms with Gasteiger partial charge >= 0.3 is 0 Å². The molecule has 0 radical (unpaired) electrons. The summed E-state index contributed by atoms with van der Waals surface area (Å²) >= 11 is 0. The van der Waals surface area contributed by atoms with Gasteiger partial charge in [0.2, 0.25) is 10.0 Å². The number of carbonyl (C=O) groups excluding carboxylic acids is 1. The lowest BCUT2D eigenvalue weighted by molar-refractivity contribution is 0.0940. The molecule has 0 aliphatic rings. The average Bonchev–Trinajstić information content (AvgIpc) is 2.49. The molecule has 0 saturated heterocycles. The Morgan fingerprint density at radius 1 is 1.04 bits per heavy atom. The largest absolute Gasteiger partial charge is 0.346 e. The maximum Gasteiger partial charge on any atom is 0.251 e. The van der Waals surface area contributed by atoms with E-state index in [0.717, 1.165) is 18.4 Å². The molecule has 2 aromatic carbocycles. The molecule has 0 aliphatic carbocycles. The highest BCUT2D eigenvalue weighted by Crippen LogP contribution is 2.17. The van der Waals surface area contributed by atoms with Gasteiger partial charge in [-0.15, -0.1) is 0 Å². The van der Waals surface area contributed by atoms with Gasteiger partial charge < -0.3 is 5.32 Å². The number of hydrogen-bond donors (Lipinski definition) is 2. The predicted molar refractivity (Wildman–Crippen MR) is 87.1 cm³/mol. The molecule has 0 aliphatic heterocycles. The molecule has 0 saturated carbocycles. The minimum Gasteiger partial charge on any atom is -0.346 e. The van der Waals surface area contributed by atoms with Crippen LogP contribution in [0.25, 0.3) is 0 Å². The van der Waals surface area contributed by atoms with Crippen LogP contribution in [0.2, 0.25) is 0 Å². The number of amides is 1. The molecule has 1 unspecified atom stereocenters. The summed E-state index contributed by atoms with van der Waals surface area (Å²) < 4.78 is 50.7. The highest BCUT2D eigenvalue weighted by Gasteiger charge is 2.13. The highest BCUT2D eigenvalue weighted by molar-refractivity contribution is 7.92. The first-order chi connectivity index (χ1) is 11.2. The topological polar surface area (TPSA) is 75.3 Å². The van der Waals surface area contributed by atoms with E-state index < -0.39 is 33.6 Å². The van der Waals surface area contributed by atoms with Crippen molar-refractivity contribution in [3.05, 3.63) is 65.2 Å². The summed E-state index contributed by atoms with van der Waals surface area (Å²) in [4.78, 5) is 12.2. The molecule has 128 valence electrons. The summed E-state index contributed by atoms with van der Waals surface area (Å²) in [5, 5.41) is 2.66. The second-order valence-corrected chi connectivity index (χ2v) is 7.07. The fraction of sp³-hybridized carbons (Fsp3) is 0.188. The zero-order chi connectivity index (χ0) is 17.9. The van der Waals surface area contributed by atoms with Gasteiger partial charge in [-0.2, -0.15) is 0 Å². The molecule has 0 aromatic heterocycles. The molecular formula is C16H16F2N2O3S. The van der Waals surface area contributed by atoms with Crippen molar-refractivity contribution in [2.45, 2.75) is 13.0 Å². The van der Waals surface area contributed by atoms with Crippen molar-refractivity contribution in [3.8, 4) is 0 Å². The molecule has 1 amide bonds. The number of benzene rings is 2. The number of hydrogen-bond acceptors (Lipinski definition) is 3. The van der Waals surface area contributed by atoms with Crippen LogP contribution in [-0.4, -0.2) is 20.6 Å². The van der Waals surface area contributed by atoms with E-state index in [4.69, 9.17) is 0 Å². The number of anilines is 1. The quantitative estimate of drug-likeness (QED) is 0.867. The lowest BCUT2D eigenvalue weighted by Gasteiger charge is -2.15. The van der Waals surface area contributed by atoms with Crippen LogP contribution in [0.5, 0.6) is 0 Å². The van der Waals surface area contributed by atoms with Crippen molar-refractivity contribution in [3.63, 3.8) is 0 Å². The summed E-state index contributed by atoms with van der Waals surface area (Å²) in [6.07, 6.45) is 1.02. The number of nitrogens with one attached hydrogen (secondary N) is 2. The summed E-state index contributed by atoms with van der Waals surface area (Å²) in [7, 11) is -3.39. The van der Waals surface area contributed by atoms with Crippen molar-refractivity contribution in [1.82, 2.24) is 5.32 Å². The zero-order valence-corrected chi connectivity index (χ0v) is 13.8. The Kier molecular flexibility index (Phi) is 5.18. The van der Waals surface area contributed by atoms with E-state index in [0.29, 0.717) is 16.8 Å². The smallest absolute Gasteiger partial charge is 0.251 e. The third-order valence-electron chi connectivity index (χ3n) is 3.24. The van der Waals surface area contributed by atoms with Gasteiger partial charge in [-0.3, -0.25) is 9.52 Å². The first kappa shape index (κ1) is 17.9. The standard InChI is InChI=1S/C16H16F2N2O3S/c1-10(12-5-8-14(17)15(18)9-12)19-16(21)11-3-6-13(7-4-11)20-24(2,22)23/h3-10,20H,1-2H3,(H,19,21). The van der Waals surface area contributed by atoms with Crippen LogP contribution in [0.4, 0.5) is 14.5 Å². The number of sulfonamides is 1. The summed E-state index contributed by atoms with van der Waals surface area (Å²) in [6, 6.07) is 8.72. The predicted octanol–water partition coefficient (Wildman–Crippen LogP) is 2.83. The Bertz CT molecular complexity index is 852. The summed E-state index contributed by atoms with van der Waals surface area (Å²) in [6.45, 7) is 1.64. The Morgan fingerprint density at radius 2 is 1.67 bits per heavy atom.